The third kappa shape index (κ3) is 3.28. The van der Waals surface area contributed by atoms with E-state index in [0.717, 1.165) is 12.1 Å². The summed E-state index contributed by atoms with van der Waals surface area (Å²) in [6, 6.07) is 1.95. The number of halogens is 2. The molecular formula is C10H14ClFN2O2S2. The number of anilines is 1. The van der Waals surface area contributed by atoms with Gasteiger partial charge in [-0.3, -0.25) is 0 Å². The highest BCUT2D eigenvalue weighted by molar-refractivity contribution is 7.98. The van der Waals surface area contributed by atoms with Gasteiger partial charge in [-0.05, 0) is 18.4 Å². The van der Waals surface area contributed by atoms with Gasteiger partial charge >= 0.3 is 0 Å². The molecule has 0 saturated heterocycles. The second-order valence-electron chi connectivity index (χ2n) is 3.62. The molecule has 1 aromatic rings. The molecule has 0 heterocycles. The maximum absolute atomic E-state index is 13.1. The third-order valence-corrected chi connectivity index (χ3v) is 5.26. The molecule has 1 aromatic carbocycles. The number of benzene rings is 1. The van der Waals surface area contributed by atoms with Crippen molar-refractivity contribution in [2.45, 2.75) is 4.90 Å². The molecule has 102 valence electrons. The van der Waals surface area contributed by atoms with Crippen LogP contribution < -0.4 is 5.73 Å². The van der Waals surface area contributed by atoms with Gasteiger partial charge in [0.15, 0.2) is 0 Å². The Morgan fingerprint density at radius 1 is 1.50 bits per heavy atom. The molecule has 0 aliphatic heterocycles. The summed E-state index contributed by atoms with van der Waals surface area (Å²) in [5.74, 6) is -0.0740. The van der Waals surface area contributed by atoms with Crippen LogP contribution in [0.1, 0.15) is 0 Å². The molecule has 0 saturated carbocycles. The quantitative estimate of drug-likeness (QED) is 0.845. The molecule has 0 aliphatic rings. The zero-order valence-corrected chi connectivity index (χ0v) is 12.4. The SMILES string of the molecule is CSCCN(C)S(=O)(=O)c1cc(N)c(F)cc1Cl. The number of sulfonamides is 1. The maximum Gasteiger partial charge on any atom is 0.244 e. The van der Waals surface area contributed by atoms with Crippen LogP contribution in [0.2, 0.25) is 5.02 Å². The van der Waals surface area contributed by atoms with Crippen molar-refractivity contribution in [3.63, 3.8) is 0 Å². The number of rotatable bonds is 5. The van der Waals surface area contributed by atoms with Crippen molar-refractivity contribution in [2.75, 3.05) is 31.3 Å². The van der Waals surface area contributed by atoms with Crippen molar-refractivity contribution in [2.24, 2.45) is 0 Å². The van der Waals surface area contributed by atoms with Crippen LogP contribution in [0.15, 0.2) is 17.0 Å². The smallest absolute Gasteiger partial charge is 0.244 e. The van der Waals surface area contributed by atoms with E-state index in [1.807, 2.05) is 6.26 Å². The van der Waals surface area contributed by atoms with Crippen LogP contribution in [-0.2, 0) is 10.0 Å². The van der Waals surface area contributed by atoms with Crippen molar-refractivity contribution >= 4 is 39.1 Å². The number of hydrogen-bond acceptors (Lipinski definition) is 4. The molecule has 8 heteroatoms. The Labute approximate surface area is 115 Å². The van der Waals surface area contributed by atoms with Gasteiger partial charge < -0.3 is 5.73 Å². The standard InChI is InChI=1S/C10H14ClFN2O2S2/c1-14(3-4-17-2)18(15,16)10-6-9(13)8(12)5-7(10)11/h5-6H,3-4,13H2,1-2H3. The number of nitrogens with zero attached hydrogens (tertiary/aromatic N) is 1. The lowest BCUT2D eigenvalue weighted by atomic mass is 10.3. The molecule has 0 aliphatic carbocycles. The van der Waals surface area contributed by atoms with Crippen LogP contribution in [0.5, 0.6) is 0 Å². The summed E-state index contributed by atoms with van der Waals surface area (Å²) >= 11 is 7.28. The zero-order chi connectivity index (χ0) is 13.9. The van der Waals surface area contributed by atoms with E-state index in [1.165, 1.54) is 23.1 Å². The van der Waals surface area contributed by atoms with Crippen molar-refractivity contribution in [1.29, 1.82) is 0 Å². The first-order valence-corrected chi connectivity index (χ1v) is 8.21. The summed E-state index contributed by atoms with van der Waals surface area (Å²) in [7, 11) is -2.29. The van der Waals surface area contributed by atoms with Crippen LogP contribution in [0.25, 0.3) is 0 Å². The largest absolute Gasteiger partial charge is 0.396 e. The summed E-state index contributed by atoms with van der Waals surface area (Å²) in [6.45, 7) is 0.344. The zero-order valence-electron chi connectivity index (χ0n) is 9.98. The van der Waals surface area contributed by atoms with E-state index in [-0.39, 0.29) is 15.6 Å². The summed E-state index contributed by atoms with van der Waals surface area (Å²) in [5, 5.41) is -0.169. The highest BCUT2D eigenvalue weighted by Crippen LogP contribution is 2.28. The number of thioether (sulfide) groups is 1. The molecule has 0 aromatic heterocycles. The fraction of sp³-hybridized carbons (Fsp3) is 0.400. The van der Waals surface area contributed by atoms with E-state index in [4.69, 9.17) is 17.3 Å². The molecule has 1 rings (SSSR count). The molecule has 0 amide bonds. The number of hydrogen-bond donors (Lipinski definition) is 1. The summed E-state index contributed by atoms with van der Waals surface area (Å²) in [5.41, 5.74) is 5.13. The molecule has 0 unspecified atom stereocenters. The van der Waals surface area contributed by atoms with E-state index >= 15 is 0 Å². The predicted octanol–water partition coefficient (Wildman–Crippen LogP) is 2.04. The first kappa shape index (κ1) is 15.6. The number of nitrogen functional groups attached to an aromatic ring is 1. The first-order chi connectivity index (χ1) is 8.30. The summed E-state index contributed by atoms with van der Waals surface area (Å²) < 4.78 is 38.7. The van der Waals surface area contributed by atoms with Gasteiger partial charge in [-0.1, -0.05) is 11.6 Å². The van der Waals surface area contributed by atoms with Crippen molar-refractivity contribution in [3.8, 4) is 0 Å². The number of nitrogens with two attached hydrogens (primary N) is 1. The van der Waals surface area contributed by atoms with Crippen LogP contribution >= 0.6 is 23.4 Å². The first-order valence-electron chi connectivity index (χ1n) is 5.00. The van der Waals surface area contributed by atoms with Gasteiger partial charge in [-0.2, -0.15) is 11.8 Å². The topological polar surface area (TPSA) is 63.4 Å². The Balaban J connectivity index is 3.16. The minimum atomic E-state index is -3.74. The molecule has 18 heavy (non-hydrogen) atoms. The molecule has 0 fully saturated rings. The van der Waals surface area contributed by atoms with E-state index in [1.54, 1.807) is 0 Å². The Hall–Kier alpha value is -0.500. The Bertz CT molecular complexity index is 537. The molecular weight excluding hydrogens is 299 g/mol. The molecule has 2 N–H and O–H groups in total. The minimum Gasteiger partial charge on any atom is -0.396 e. The Morgan fingerprint density at radius 3 is 2.67 bits per heavy atom. The van der Waals surface area contributed by atoms with E-state index in [2.05, 4.69) is 0 Å². The summed E-state index contributed by atoms with van der Waals surface area (Å²) in [4.78, 5) is -0.174. The fourth-order valence-corrected chi connectivity index (χ4v) is 3.51. The lowest BCUT2D eigenvalue weighted by Crippen LogP contribution is -2.29. The molecule has 0 spiro atoms. The van der Waals surface area contributed by atoms with Gasteiger partial charge in [0, 0.05) is 19.3 Å². The Morgan fingerprint density at radius 2 is 2.11 bits per heavy atom. The lowest BCUT2D eigenvalue weighted by Gasteiger charge is -2.17. The maximum atomic E-state index is 13.1. The lowest BCUT2D eigenvalue weighted by molar-refractivity contribution is 0.488. The highest BCUT2D eigenvalue weighted by Gasteiger charge is 2.24. The van der Waals surface area contributed by atoms with Gasteiger partial charge in [0.25, 0.3) is 0 Å². The van der Waals surface area contributed by atoms with Crippen LogP contribution in [0.4, 0.5) is 10.1 Å². The minimum absolute atomic E-state index is 0.169. The fourth-order valence-electron chi connectivity index (χ4n) is 1.25. The van der Waals surface area contributed by atoms with E-state index < -0.39 is 15.8 Å². The van der Waals surface area contributed by atoms with Crippen LogP contribution in [0.3, 0.4) is 0 Å². The summed E-state index contributed by atoms with van der Waals surface area (Å²) in [6.07, 6.45) is 1.88. The Kier molecular flexibility index (Phi) is 5.27. The van der Waals surface area contributed by atoms with Gasteiger partial charge in [0.05, 0.1) is 10.7 Å². The van der Waals surface area contributed by atoms with E-state index in [0.29, 0.717) is 12.3 Å². The van der Waals surface area contributed by atoms with Crippen molar-refractivity contribution in [3.05, 3.63) is 23.0 Å². The molecule has 0 bridgehead atoms. The van der Waals surface area contributed by atoms with Gasteiger partial charge in [-0.15, -0.1) is 0 Å². The van der Waals surface area contributed by atoms with Gasteiger partial charge in [0.2, 0.25) is 10.0 Å². The molecule has 0 atom stereocenters. The van der Waals surface area contributed by atoms with Crippen LogP contribution in [-0.4, -0.2) is 38.3 Å². The molecule has 0 radical (unpaired) electrons. The van der Waals surface area contributed by atoms with Crippen molar-refractivity contribution < 1.29 is 12.8 Å². The van der Waals surface area contributed by atoms with Gasteiger partial charge in [-0.25, -0.2) is 17.1 Å². The average Bonchev–Trinajstić information content (AvgIpc) is 2.30. The van der Waals surface area contributed by atoms with Crippen molar-refractivity contribution in [1.82, 2.24) is 4.31 Å². The van der Waals surface area contributed by atoms with Gasteiger partial charge in [0.1, 0.15) is 10.7 Å². The normalized spacial score (nSPS) is 12.1. The predicted molar refractivity (Wildman–Crippen MR) is 74.0 cm³/mol. The van der Waals surface area contributed by atoms with Crippen LogP contribution in [0, 0.1) is 5.82 Å². The molecule has 4 nitrogen and oxygen atoms in total. The monoisotopic (exact) mass is 312 g/mol. The van der Waals surface area contributed by atoms with E-state index in [9.17, 15) is 12.8 Å². The second kappa shape index (κ2) is 6.10. The third-order valence-electron chi connectivity index (χ3n) is 2.35. The average molecular weight is 313 g/mol. The second-order valence-corrected chi connectivity index (χ2v) is 7.03. The highest BCUT2D eigenvalue weighted by atomic mass is 35.5.